The van der Waals surface area contributed by atoms with Gasteiger partial charge in [0.05, 0.1) is 12.0 Å². The standard InChI is InChI=1S/C18H13N3O7/c1-27-13-5-2-10(3-6-13)16(22)19-20-17(23)14-9-11-8-12(21(25)26)4-7-15(11)28-18(14)24/h2-9H,1H3,(H,19,22)(H,20,23). The molecule has 142 valence electrons. The number of methoxy groups -OCH3 is 1. The Bertz CT molecular complexity index is 1140. The molecule has 10 heteroatoms. The molecule has 2 N–H and O–H groups in total. The lowest BCUT2D eigenvalue weighted by Gasteiger charge is -2.08. The first-order chi connectivity index (χ1) is 13.4. The van der Waals surface area contributed by atoms with Gasteiger partial charge in [0.15, 0.2) is 0 Å². The second-order valence-corrected chi connectivity index (χ2v) is 5.56. The van der Waals surface area contributed by atoms with E-state index in [1.54, 1.807) is 12.1 Å². The lowest BCUT2D eigenvalue weighted by molar-refractivity contribution is -0.384. The Hall–Kier alpha value is -4.21. The van der Waals surface area contributed by atoms with Crippen molar-refractivity contribution in [2.75, 3.05) is 7.11 Å². The number of fused-ring (bicyclic) bond motifs is 1. The maximum absolute atomic E-state index is 12.2. The molecule has 0 fully saturated rings. The van der Waals surface area contributed by atoms with Gasteiger partial charge >= 0.3 is 5.63 Å². The van der Waals surface area contributed by atoms with Gasteiger partial charge < -0.3 is 9.15 Å². The average molecular weight is 383 g/mol. The van der Waals surface area contributed by atoms with Crippen LogP contribution in [0.4, 0.5) is 5.69 Å². The summed E-state index contributed by atoms with van der Waals surface area (Å²) in [5.74, 6) is -0.982. The van der Waals surface area contributed by atoms with Crippen molar-refractivity contribution in [1.82, 2.24) is 10.9 Å². The fourth-order valence-electron chi connectivity index (χ4n) is 2.38. The van der Waals surface area contributed by atoms with Gasteiger partial charge in [0.1, 0.15) is 16.9 Å². The number of carbonyl (C=O) groups excluding carboxylic acids is 2. The zero-order valence-corrected chi connectivity index (χ0v) is 14.4. The third kappa shape index (κ3) is 3.80. The minimum Gasteiger partial charge on any atom is -0.497 e. The summed E-state index contributed by atoms with van der Waals surface area (Å²) in [5, 5.41) is 11.1. The van der Waals surface area contributed by atoms with Crippen LogP contribution in [-0.2, 0) is 0 Å². The van der Waals surface area contributed by atoms with Crippen molar-refractivity contribution >= 4 is 28.5 Å². The van der Waals surface area contributed by atoms with Crippen molar-refractivity contribution in [3.05, 3.63) is 80.2 Å². The average Bonchev–Trinajstić information content (AvgIpc) is 2.70. The second kappa shape index (κ2) is 7.58. The third-order valence-corrected chi connectivity index (χ3v) is 3.81. The quantitative estimate of drug-likeness (QED) is 0.397. The molecular formula is C18H13N3O7. The molecule has 0 aliphatic carbocycles. The highest BCUT2D eigenvalue weighted by Gasteiger charge is 2.16. The molecule has 0 radical (unpaired) electrons. The summed E-state index contributed by atoms with van der Waals surface area (Å²) in [6.07, 6.45) is 0. The highest BCUT2D eigenvalue weighted by Crippen LogP contribution is 2.20. The summed E-state index contributed by atoms with van der Waals surface area (Å²) in [4.78, 5) is 46.5. The van der Waals surface area contributed by atoms with Crippen LogP contribution in [0.15, 0.2) is 57.7 Å². The number of ether oxygens (including phenoxy) is 1. The molecule has 0 aliphatic heterocycles. The largest absolute Gasteiger partial charge is 0.497 e. The molecule has 0 bridgehead atoms. The Morgan fingerprint density at radius 3 is 2.36 bits per heavy atom. The predicted molar refractivity (Wildman–Crippen MR) is 97.1 cm³/mol. The van der Waals surface area contributed by atoms with Crippen LogP contribution in [0.5, 0.6) is 5.75 Å². The minimum absolute atomic E-state index is 0.0921. The summed E-state index contributed by atoms with van der Waals surface area (Å²) < 4.78 is 9.99. The van der Waals surface area contributed by atoms with E-state index in [0.29, 0.717) is 5.75 Å². The summed E-state index contributed by atoms with van der Waals surface area (Å²) in [6, 6.07) is 10.9. The van der Waals surface area contributed by atoms with Gasteiger partial charge in [-0.2, -0.15) is 0 Å². The summed E-state index contributed by atoms with van der Waals surface area (Å²) in [6.45, 7) is 0. The Morgan fingerprint density at radius 2 is 1.71 bits per heavy atom. The third-order valence-electron chi connectivity index (χ3n) is 3.81. The van der Waals surface area contributed by atoms with Crippen LogP contribution in [0.1, 0.15) is 20.7 Å². The van der Waals surface area contributed by atoms with E-state index in [2.05, 4.69) is 10.9 Å². The van der Waals surface area contributed by atoms with E-state index in [9.17, 15) is 24.5 Å². The van der Waals surface area contributed by atoms with E-state index >= 15 is 0 Å². The van der Waals surface area contributed by atoms with Crippen LogP contribution in [0.2, 0.25) is 0 Å². The van der Waals surface area contributed by atoms with Crippen molar-refractivity contribution in [3.8, 4) is 5.75 Å². The summed E-state index contributed by atoms with van der Waals surface area (Å²) in [7, 11) is 1.49. The number of rotatable bonds is 4. The van der Waals surface area contributed by atoms with E-state index < -0.39 is 27.9 Å². The van der Waals surface area contributed by atoms with Gasteiger partial charge in [-0.1, -0.05) is 0 Å². The number of benzene rings is 2. The highest BCUT2D eigenvalue weighted by atomic mass is 16.6. The lowest BCUT2D eigenvalue weighted by Crippen LogP contribution is -2.43. The molecule has 2 amide bonds. The number of nitro benzene ring substituents is 1. The van der Waals surface area contributed by atoms with Gasteiger partial charge in [0.2, 0.25) is 0 Å². The molecule has 0 unspecified atom stereocenters. The highest BCUT2D eigenvalue weighted by molar-refractivity contribution is 6.00. The smallest absolute Gasteiger partial charge is 0.349 e. The monoisotopic (exact) mass is 383 g/mol. The number of carbonyl (C=O) groups is 2. The van der Waals surface area contributed by atoms with Crippen molar-refractivity contribution in [3.63, 3.8) is 0 Å². The number of hydrazine groups is 1. The number of nitro groups is 1. The molecular weight excluding hydrogens is 370 g/mol. The van der Waals surface area contributed by atoms with Crippen LogP contribution >= 0.6 is 0 Å². The molecule has 3 aromatic rings. The Kier molecular flexibility index (Phi) is 5.03. The maximum Gasteiger partial charge on any atom is 0.349 e. The van der Waals surface area contributed by atoms with E-state index in [1.807, 2.05) is 0 Å². The van der Waals surface area contributed by atoms with Gasteiger partial charge in [0.25, 0.3) is 17.5 Å². The SMILES string of the molecule is COc1ccc(C(=O)NNC(=O)c2cc3cc([N+](=O)[O-])ccc3oc2=O)cc1. The molecule has 10 nitrogen and oxygen atoms in total. The van der Waals surface area contributed by atoms with E-state index in [4.69, 9.17) is 9.15 Å². The normalized spacial score (nSPS) is 10.3. The number of amides is 2. The molecule has 1 aromatic heterocycles. The van der Waals surface area contributed by atoms with Crippen molar-refractivity contribution < 1.29 is 23.7 Å². The fraction of sp³-hybridized carbons (Fsp3) is 0.0556. The molecule has 0 aliphatic rings. The van der Waals surface area contributed by atoms with E-state index in [-0.39, 0.29) is 22.2 Å². The molecule has 0 saturated heterocycles. The number of nitrogens with one attached hydrogen (secondary N) is 2. The van der Waals surface area contributed by atoms with Crippen molar-refractivity contribution in [1.29, 1.82) is 0 Å². The molecule has 0 spiro atoms. The van der Waals surface area contributed by atoms with Gasteiger partial charge in [-0.3, -0.25) is 30.6 Å². The zero-order valence-electron chi connectivity index (χ0n) is 14.4. The first kappa shape index (κ1) is 18.6. The Balaban J connectivity index is 1.78. The van der Waals surface area contributed by atoms with E-state index in [0.717, 1.165) is 6.07 Å². The first-order valence-electron chi connectivity index (χ1n) is 7.86. The topological polar surface area (TPSA) is 141 Å². The van der Waals surface area contributed by atoms with Crippen molar-refractivity contribution in [2.24, 2.45) is 0 Å². The van der Waals surface area contributed by atoms with Crippen LogP contribution < -0.4 is 21.2 Å². The van der Waals surface area contributed by atoms with Gasteiger partial charge in [-0.05, 0) is 36.4 Å². The van der Waals surface area contributed by atoms with Gasteiger partial charge in [0, 0.05) is 23.1 Å². The molecule has 1 heterocycles. The number of nitrogens with zero attached hydrogens (tertiary/aromatic N) is 1. The molecule has 3 rings (SSSR count). The van der Waals surface area contributed by atoms with Crippen LogP contribution in [0.3, 0.4) is 0 Å². The second-order valence-electron chi connectivity index (χ2n) is 5.56. The number of hydrogen-bond donors (Lipinski definition) is 2. The van der Waals surface area contributed by atoms with Gasteiger partial charge in [-0.25, -0.2) is 4.79 Å². The fourth-order valence-corrected chi connectivity index (χ4v) is 2.38. The van der Waals surface area contributed by atoms with Crippen molar-refractivity contribution in [2.45, 2.75) is 0 Å². The van der Waals surface area contributed by atoms with Gasteiger partial charge in [-0.15, -0.1) is 0 Å². The predicted octanol–water partition coefficient (Wildman–Crippen LogP) is 1.78. The Morgan fingerprint density at radius 1 is 1.04 bits per heavy atom. The van der Waals surface area contributed by atoms with E-state index in [1.165, 1.54) is 37.4 Å². The summed E-state index contributed by atoms with van der Waals surface area (Å²) >= 11 is 0. The van der Waals surface area contributed by atoms with Crippen LogP contribution in [-0.4, -0.2) is 23.8 Å². The van der Waals surface area contributed by atoms with Crippen LogP contribution in [0, 0.1) is 10.1 Å². The lowest BCUT2D eigenvalue weighted by atomic mass is 10.1. The number of hydrogen-bond acceptors (Lipinski definition) is 7. The number of non-ortho nitro benzene ring substituents is 1. The minimum atomic E-state index is -0.947. The first-order valence-corrected chi connectivity index (χ1v) is 7.86. The zero-order chi connectivity index (χ0) is 20.3. The summed E-state index contributed by atoms with van der Waals surface area (Å²) in [5.41, 5.74) is 3.04. The molecule has 28 heavy (non-hydrogen) atoms. The molecule has 0 saturated carbocycles. The Labute approximate surface area is 156 Å². The maximum atomic E-state index is 12.2. The molecule has 0 atom stereocenters. The van der Waals surface area contributed by atoms with Crippen LogP contribution in [0.25, 0.3) is 11.0 Å². The molecule has 2 aromatic carbocycles.